The Kier molecular flexibility index (Phi) is 7.87. The van der Waals surface area contributed by atoms with Crippen LogP contribution in [0.15, 0.2) is 48.5 Å². The number of amides is 4. The number of likely N-dealkylation sites (tertiary alicyclic amines) is 1. The Hall–Kier alpha value is -3.58. The molecular weight excluding hydrogens is 472 g/mol. The third kappa shape index (κ3) is 6.11. The van der Waals surface area contributed by atoms with Crippen LogP contribution >= 0.6 is 11.6 Å². The maximum absolute atomic E-state index is 13.2. The summed E-state index contributed by atoms with van der Waals surface area (Å²) < 4.78 is 10.8. The number of hydrogen-bond acceptors (Lipinski definition) is 5. The number of anilines is 3. The van der Waals surface area contributed by atoms with Crippen molar-refractivity contribution in [3.8, 4) is 12.3 Å². The normalized spacial score (nSPS) is 19.8. The lowest BCUT2D eigenvalue weighted by atomic mass is 10.1. The molecule has 0 aliphatic carbocycles. The zero-order valence-electron chi connectivity index (χ0n) is 18.9. The van der Waals surface area contributed by atoms with Crippen molar-refractivity contribution in [2.24, 2.45) is 0 Å². The van der Waals surface area contributed by atoms with Gasteiger partial charge in [0.25, 0.3) is 5.91 Å². The second kappa shape index (κ2) is 11.2. The quantitative estimate of drug-likeness (QED) is 0.599. The number of benzene rings is 2. The molecule has 0 aromatic heterocycles. The van der Waals surface area contributed by atoms with Crippen molar-refractivity contribution in [2.75, 3.05) is 48.4 Å². The summed E-state index contributed by atoms with van der Waals surface area (Å²) in [6, 6.07) is 12.5. The third-order valence-corrected chi connectivity index (χ3v) is 6.01. The summed E-state index contributed by atoms with van der Waals surface area (Å²) in [7, 11) is 0. The van der Waals surface area contributed by atoms with E-state index in [2.05, 4.69) is 16.6 Å². The van der Waals surface area contributed by atoms with Crippen molar-refractivity contribution in [1.82, 2.24) is 4.90 Å². The molecule has 0 radical (unpaired) electrons. The zero-order valence-corrected chi connectivity index (χ0v) is 19.7. The third-order valence-electron chi connectivity index (χ3n) is 5.76. The van der Waals surface area contributed by atoms with E-state index in [4.69, 9.17) is 27.5 Å². The van der Waals surface area contributed by atoms with Gasteiger partial charge in [0.15, 0.2) is 0 Å². The van der Waals surface area contributed by atoms with Gasteiger partial charge in [-0.15, -0.1) is 6.42 Å². The van der Waals surface area contributed by atoms with E-state index < -0.39 is 12.1 Å². The number of halogens is 1. The number of morpholine rings is 1. The fourth-order valence-electron chi connectivity index (χ4n) is 4.03. The molecule has 2 N–H and O–H groups in total. The number of terminal acetylenes is 1. The summed E-state index contributed by atoms with van der Waals surface area (Å²) in [5.74, 6) is 1.95. The molecule has 2 saturated heterocycles. The molecule has 2 fully saturated rings. The van der Waals surface area contributed by atoms with Crippen molar-refractivity contribution in [3.63, 3.8) is 0 Å². The Morgan fingerprint density at radius 1 is 1.11 bits per heavy atom. The van der Waals surface area contributed by atoms with E-state index in [0.717, 1.165) is 5.69 Å². The average Bonchev–Trinajstić information content (AvgIpc) is 3.30. The molecule has 0 unspecified atom stereocenters. The van der Waals surface area contributed by atoms with Crippen molar-refractivity contribution in [3.05, 3.63) is 53.6 Å². The standard InChI is InChI=1S/C25H25ClN4O5/c1-2-12-35-21-14-22(30(15-21)25(33)28-19-5-3-17(26)4-6-19)24(32)27-18-7-9-20(10-8-18)29-11-13-34-16-23(29)31/h1,3-10,21-22H,11-16H2,(H,27,32)(H,28,33)/t21-,22-/m1/s1. The number of carbonyl (C=O) groups excluding carboxylic acids is 3. The number of hydrogen-bond donors (Lipinski definition) is 2. The van der Waals surface area contributed by atoms with Gasteiger partial charge >= 0.3 is 6.03 Å². The van der Waals surface area contributed by atoms with E-state index in [0.29, 0.717) is 36.0 Å². The van der Waals surface area contributed by atoms with Gasteiger partial charge in [-0.1, -0.05) is 17.5 Å². The molecule has 0 bridgehead atoms. The molecule has 0 spiro atoms. The lowest BCUT2D eigenvalue weighted by molar-refractivity contribution is -0.125. The lowest BCUT2D eigenvalue weighted by Gasteiger charge is -2.27. The van der Waals surface area contributed by atoms with Crippen LogP contribution in [0.5, 0.6) is 0 Å². The number of carbonyl (C=O) groups is 3. The van der Waals surface area contributed by atoms with Gasteiger partial charge in [0.1, 0.15) is 19.3 Å². The number of urea groups is 1. The predicted octanol–water partition coefficient (Wildman–Crippen LogP) is 2.97. The molecule has 2 aromatic carbocycles. The summed E-state index contributed by atoms with van der Waals surface area (Å²) >= 11 is 5.91. The smallest absolute Gasteiger partial charge is 0.322 e. The SMILES string of the molecule is C#CCO[C@@H]1C[C@H](C(=O)Nc2ccc(N3CCOCC3=O)cc2)N(C(=O)Nc2ccc(Cl)cc2)C1. The summed E-state index contributed by atoms with van der Waals surface area (Å²) in [5.41, 5.74) is 1.83. The number of rotatable bonds is 6. The molecular formula is C25H25ClN4O5. The van der Waals surface area contributed by atoms with Gasteiger partial charge in [-0.25, -0.2) is 4.79 Å². The fraction of sp³-hybridized carbons (Fsp3) is 0.320. The van der Waals surface area contributed by atoms with Crippen LogP contribution in [0, 0.1) is 12.3 Å². The van der Waals surface area contributed by atoms with Crippen molar-refractivity contribution >= 4 is 46.5 Å². The molecule has 4 rings (SSSR count). The molecule has 2 heterocycles. The van der Waals surface area contributed by atoms with Crippen LogP contribution in [-0.4, -0.2) is 67.8 Å². The van der Waals surface area contributed by atoms with Gasteiger partial charge in [-0.05, 0) is 48.5 Å². The Morgan fingerprint density at radius 2 is 1.80 bits per heavy atom. The minimum atomic E-state index is -0.759. The van der Waals surface area contributed by atoms with E-state index in [1.54, 1.807) is 53.4 Å². The van der Waals surface area contributed by atoms with Crippen LogP contribution in [0.1, 0.15) is 6.42 Å². The van der Waals surface area contributed by atoms with Crippen molar-refractivity contribution in [2.45, 2.75) is 18.6 Å². The molecule has 2 aromatic rings. The number of nitrogens with one attached hydrogen (secondary N) is 2. The highest BCUT2D eigenvalue weighted by Gasteiger charge is 2.40. The van der Waals surface area contributed by atoms with Crippen molar-refractivity contribution < 1.29 is 23.9 Å². The monoisotopic (exact) mass is 496 g/mol. The van der Waals surface area contributed by atoms with Gasteiger partial charge in [-0.3, -0.25) is 9.59 Å². The Balaban J connectivity index is 1.44. The fourth-order valence-corrected chi connectivity index (χ4v) is 4.15. The summed E-state index contributed by atoms with van der Waals surface area (Å²) in [6.07, 6.45) is 5.24. The largest absolute Gasteiger partial charge is 0.370 e. The molecule has 9 nitrogen and oxygen atoms in total. The molecule has 2 aliphatic heterocycles. The van der Waals surface area contributed by atoms with Crippen LogP contribution in [0.2, 0.25) is 5.02 Å². The lowest BCUT2D eigenvalue weighted by Crippen LogP contribution is -2.45. The zero-order chi connectivity index (χ0) is 24.8. The topological polar surface area (TPSA) is 100 Å². The highest BCUT2D eigenvalue weighted by molar-refractivity contribution is 6.30. The number of ether oxygens (including phenoxy) is 2. The molecule has 182 valence electrons. The van der Waals surface area contributed by atoms with Crippen LogP contribution in [0.3, 0.4) is 0 Å². The highest BCUT2D eigenvalue weighted by Crippen LogP contribution is 2.25. The van der Waals surface area contributed by atoms with Gasteiger partial charge in [0.2, 0.25) is 5.91 Å². The van der Waals surface area contributed by atoms with E-state index in [-0.39, 0.29) is 37.7 Å². The molecule has 10 heteroatoms. The van der Waals surface area contributed by atoms with Crippen LogP contribution < -0.4 is 15.5 Å². The Labute approximate surface area is 208 Å². The molecule has 2 aliphatic rings. The maximum Gasteiger partial charge on any atom is 0.322 e. The first kappa shape index (κ1) is 24.5. The molecule has 35 heavy (non-hydrogen) atoms. The van der Waals surface area contributed by atoms with E-state index in [1.807, 2.05) is 0 Å². The summed E-state index contributed by atoms with van der Waals surface area (Å²) in [6.45, 7) is 1.31. The van der Waals surface area contributed by atoms with Crippen LogP contribution in [0.25, 0.3) is 0 Å². The first-order valence-electron chi connectivity index (χ1n) is 11.1. The first-order valence-corrected chi connectivity index (χ1v) is 11.5. The van der Waals surface area contributed by atoms with Gasteiger partial charge in [-0.2, -0.15) is 0 Å². The first-order chi connectivity index (χ1) is 16.9. The summed E-state index contributed by atoms with van der Waals surface area (Å²) in [5, 5.41) is 6.19. The van der Waals surface area contributed by atoms with Crippen molar-refractivity contribution in [1.29, 1.82) is 0 Å². The second-order valence-electron chi connectivity index (χ2n) is 8.11. The number of nitrogens with zero attached hydrogens (tertiary/aromatic N) is 2. The van der Waals surface area contributed by atoms with Crippen LogP contribution in [-0.2, 0) is 19.1 Å². The molecule has 0 saturated carbocycles. The Bertz CT molecular complexity index is 1120. The minimum absolute atomic E-state index is 0.0526. The average molecular weight is 497 g/mol. The van der Waals surface area contributed by atoms with Crippen LogP contribution in [0.4, 0.5) is 21.9 Å². The van der Waals surface area contributed by atoms with Gasteiger partial charge in [0.05, 0.1) is 12.7 Å². The maximum atomic E-state index is 13.2. The van der Waals surface area contributed by atoms with E-state index in [9.17, 15) is 14.4 Å². The van der Waals surface area contributed by atoms with Gasteiger partial charge < -0.3 is 29.9 Å². The second-order valence-corrected chi connectivity index (χ2v) is 8.55. The van der Waals surface area contributed by atoms with E-state index in [1.165, 1.54) is 4.90 Å². The molecule has 2 atom stereocenters. The minimum Gasteiger partial charge on any atom is -0.370 e. The predicted molar refractivity (Wildman–Crippen MR) is 132 cm³/mol. The summed E-state index contributed by atoms with van der Waals surface area (Å²) in [4.78, 5) is 41.3. The van der Waals surface area contributed by atoms with Gasteiger partial charge in [0, 0.05) is 41.6 Å². The molecule has 4 amide bonds. The highest BCUT2D eigenvalue weighted by atomic mass is 35.5. The Morgan fingerprint density at radius 3 is 2.49 bits per heavy atom. The van der Waals surface area contributed by atoms with E-state index >= 15 is 0 Å².